The van der Waals surface area contributed by atoms with Gasteiger partial charge < -0.3 is 25.0 Å². The van der Waals surface area contributed by atoms with E-state index in [1.165, 1.54) is 12.4 Å². The third kappa shape index (κ3) is 4.44. The molecule has 2 aromatic rings. The molecule has 3 rings (SSSR count). The van der Waals surface area contributed by atoms with Gasteiger partial charge in [-0.3, -0.25) is 14.8 Å². The summed E-state index contributed by atoms with van der Waals surface area (Å²) in [4.78, 5) is 14.3. The van der Waals surface area contributed by atoms with Crippen LogP contribution in [0.2, 0.25) is 0 Å². The standard InChI is InChI=1S/C19H26N4O5/c1-23(6-7-24)17-15(22-19(26)12-10-20-21-11-12)9-16(18(17)25)28-14-5-3-4-13(8-14)27-2/h3-5,8,10-11,15-18,24-25H,6-7,9H2,1-2H3,(H,20,21)(H,22,26)/t15-,16-,17+,18+/m1/s1. The molecule has 28 heavy (non-hydrogen) atoms. The fourth-order valence-electron chi connectivity index (χ4n) is 3.60. The van der Waals surface area contributed by atoms with Crippen LogP contribution in [0, 0.1) is 0 Å². The molecule has 0 radical (unpaired) electrons. The minimum Gasteiger partial charge on any atom is -0.497 e. The number of ether oxygens (including phenoxy) is 2. The monoisotopic (exact) mass is 390 g/mol. The zero-order valence-electron chi connectivity index (χ0n) is 15.9. The molecule has 0 bridgehead atoms. The number of amides is 1. The summed E-state index contributed by atoms with van der Waals surface area (Å²) in [7, 11) is 3.37. The van der Waals surface area contributed by atoms with Crippen molar-refractivity contribution in [1.29, 1.82) is 0 Å². The normalized spacial score (nSPS) is 24.3. The van der Waals surface area contributed by atoms with Gasteiger partial charge in [-0.1, -0.05) is 6.07 Å². The van der Waals surface area contributed by atoms with Crippen molar-refractivity contribution in [2.75, 3.05) is 27.3 Å². The Labute approximate surface area is 163 Å². The number of carbonyl (C=O) groups excluding carboxylic acids is 1. The highest BCUT2D eigenvalue weighted by Crippen LogP contribution is 2.30. The third-order valence-electron chi connectivity index (χ3n) is 5.00. The van der Waals surface area contributed by atoms with Crippen LogP contribution in [0.5, 0.6) is 11.5 Å². The summed E-state index contributed by atoms with van der Waals surface area (Å²) in [5, 5.41) is 29.5. The zero-order chi connectivity index (χ0) is 20.1. The molecule has 1 aromatic carbocycles. The maximum Gasteiger partial charge on any atom is 0.254 e. The topological polar surface area (TPSA) is 120 Å². The van der Waals surface area contributed by atoms with Crippen LogP contribution >= 0.6 is 0 Å². The van der Waals surface area contributed by atoms with Crippen molar-refractivity contribution in [3.8, 4) is 11.5 Å². The molecule has 1 heterocycles. The molecule has 1 amide bonds. The lowest BCUT2D eigenvalue weighted by atomic mass is 10.1. The Morgan fingerprint density at radius 2 is 2.21 bits per heavy atom. The van der Waals surface area contributed by atoms with E-state index in [2.05, 4.69) is 15.5 Å². The number of methoxy groups -OCH3 is 1. The summed E-state index contributed by atoms with van der Waals surface area (Å²) in [5.74, 6) is 0.952. The molecular weight excluding hydrogens is 364 g/mol. The largest absolute Gasteiger partial charge is 0.497 e. The van der Waals surface area contributed by atoms with E-state index in [0.29, 0.717) is 30.0 Å². The SMILES string of the molecule is COc1cccc(O[C@@H]2C[C@@H](NC(=O)c3cn[nH]c3)[C@H](N(C)CCO)[C@H]2O)c1. The quantitative estimate of drug-likeness (QED) is 0.502. The number of benzene rings is 1. The molecule has 1 fully saturated rings. The van der Waals surface area contributed by atoms with Crippen molar-refractivity contribution in [3.63, 3.8) is 0 Å². The van der Waals surface area contributed by atoms with E-state index in [-0.39, 0.29) is 18.6 Å². The van der Waals surface area contributed by atoms with Crippen LogP contribution < -0.4 is 14.8 Å². The van der Waals surface area contributed by atoms with E-state index in [9.17, 15) is 15.0 Å². The zero-order valence-corrected chi connectivity index (χ0v) is 15.9. The predicted octanol–water partition coefficient (Wildman–Crippen LogP) is 0.0216. The minimum atomic E-state index is -0.850. The Bertz CT molecular complexity index is 769. The second kappa shape index (κ2) is 9.05. The van der Waals surface area contributed by atoms with Gasteiger partial charge in [-0.2, -0.15) is 5.10 Å². The third-order valence-corrected chi connectivity index (χ3v) is 5.00. The van der Waals surface area contributed by atoms with E-state index in [1.54, 1.807) is 26.3 Å². The number of nitrogens with one attached hydrogen (secondary N) is 2. The van der Waals surface area contributed by atoms with Gasteiger partial charge in [0.1, 0.15) is 23.7 Å². The highest BCUT2D eigenvalue weighted by Gasteiger charge is 2.46. The van der Waals surface area contributed by atoms with Crippen LogP contribution in [-0.2, 0) is 0 Å². The van der Waals surface area contributed by atoms with E-state index in [0.717, 1.165) is 0 Å². The second-order valence-corrected chi connectivity index (χ2v) is 6.82. The summed E-state index contributed by atoms with van der Waals surface area (Å²) < 4.78 is 11.2. The van der Waals surface area contributed by atoms with Crippen LogP contribution in [0.1, 0.15) is 16.8 Å². The molecule has 0 spiro atoms. The summed E-state index contributed by atoms with van der Waals surface area (Å²) in [6, 6.07) is 6.39. The second-order valence-electron chi connectivity index (χ2n) is 6.82. The van der Waals surface area contributed by atoms with Gasteiger partial charge >= 0.3 is 0 Å². The highest BCUT2D eigenvalue weighted by molar-refractivity contribution is 5.93. The Morgan fingerprint density at radius 1 is 1.43 bits per heavy atom. The average Bonchev–Trinajstić information content (AvgIpc) is 3.31. The van der Waals surface area contributed by atoms with Crippen LogP contribution in [0.15, 0.2) is 36.7 Å². The molecule has 0 aliphatic heterocycles. The Morgan fingerprint density at radius 3 is 2.89 bits per heavy atom. The van der Waals surface area contributed by atoms with Crippen molar-refractivity contribution in [2.24, 2.45) is 0 Å². The summed E-state index contributed by atoms with van der Waals surface area (Å²) in [6.07, 6.45) is 2.00. The fraction of sp³-hybridized carbons (Fsp3) is 0.474. The van der Waals surface area contributed by atoms with Crippen LogP contribution in [-0.4, -0.2) is 82.8 Å². The highest BCUT2D eigenvalue weighted by atomic mass is 16.5. The molecule has 152 valence electrons. The number of likely N-dealkylation sites (N-methyl/N-ethyl adjacent to an activating group) is 1. The first-order valence-electron chi connectivity index (χ1n) is 9.13. The molecular formula is C19H26N4O5. The first-order valence-corrected chi connectivity index (χ1v) is 9.13. The van der Waals surface area contributed by atoms with E-state index < -0.39 is 18.2 Å². The predicted molar refractivity (Wildman–Crippen MR) is 101 cm³/mol. The van der Waals surface area contributed by atoms with Crippen molar-refractivity contribution in [1.82, 2.24) is 20.4 Å². The maximum absolute atomic E-state index is 12.5. The van der Waals surface area contributed by atoms with Gasteiger partial charge in [-0.15, -0.1) is 0 Å². The molecule has 4 N–H and O–H groups in total. The number of aliphatic hydroxyl groups excluding tert-OH is 2. The fourth-order valence-corrected chi connectivity index (χ4v) is 3.60. The van der Waals surface area contributed by atoms with Gasteiger partial charge in [-0.05, 0) is 19.2 Å². The minimum absolute atomic E-state index is 0.0521. The Balaban J connectivity index is 1.76. The number of carbonyl (C=O) groups is 1. The lowest BCUT2D eigenvalue weighted by Crippen LogP contribution is -2.52. The molecule has 1 aromatic heterocycles. The molecule has 9 heteroatoms. The number of hydrogen-bond acceptors (Lipinski definition) is 7. The smallest absolute Gasteiger partial charge is 0.254 e. The lowest BCUT2D eigenvalue weighted by molar-refractivity contribution is 0.0109. The van der Waals surface area contributed by atoms with Crippen LogP contribution in [0.4, 0.5) is 0 Å². The Hall–Kier alpha value is -2.62. The van der Waals surface area contributed by atoms with Crippen molar-refractivity contribution < 1.29 is 24.5 Å². The number of aromatic amines is 1. The van der Waals surface area contributed by atoms with Crippen molar-refractivity contribution in [2.45, 2.75) is 30.7 Å². The number of aromatic nitrogens is 2. The molecule has 9 nitrogen and oxygen atoms in total. The van der Waals surface area contributed by atoms with E-state index >= 15 is 0 Å². The maximum atomic E-state index is 12.5. The summed E-state index contributed by atoms with van der Waals surface area (Å²) in [5.41, 5.74) is 0.412. The van der Waals surface area contributed by atoms with Gasteiger partial charge in [0.2, 0.25) is 0 Å². The van der Waals surface area contributed by atoms with E-state index in [4.69, 9.17) is 9.47 Å². The van der Waals surface area contributed by atoms with Gasteiger partial charge in [0.15, 0.2) is 0 Å². The first kappa shape index (κ1) is 20.1. The van der Waals surface area contributed by atoms with Gasteiger partial charge in [0.25, 0.3) is 5.91 Å². The average molecular weight is 390 g/mol. The van der Waals surface area contributed by atoms with Gasteiger partial charge in [0, 0.05) is 25.2 Å². The molecule has 4 atom stereocenters. The van der Waals surface area contributed by atoms with Crippen LogP contribution in [0.3, 0.4) is 0 Å². The summed E-state index contributed by atoms with van der Waals surface area (Å²) in [6.45, 7) is 0.315. The lowest BCUT2D eigenvalue weighted by Gasteiger charge is -2.31. The van der Waals surface area contributed by atoms with E-state index in [1.807, 2.05) is 17.0 Å². The molecule has 0 unspecified atom stereocenters. The Kier molecular flexibility index (Phi) is 6.50. The van der Waals surface area contributed by atoms with Crippen molar-refractivity contribution >= 4 is 5.91 Å². The number of hydrogen-bond donors (Lipinski definition) is 4. The number of H-pyrrole nitrogens is 1. The first-order chi connectivity index (χ1) is 13.5. The molecule has 1 saturated carbocycles. The number of nitrogens with zero attached hydrogens (tertiary/aromatic N) is 2. The van der Waals surface area contributed by atoms with Gasteiger partial charge in [-0.25, -0.2) is 0 Å². The summed E-state index contributed by atoms with van der Waals surface area (Å²) >= 11 is 0. The molecule has 0 saturated heterocycles. The van der Waals surface area contributed by atoms with Crippen molar-refractivity contribution in [3.05, 3.63) is 42.2 Å². The number of rotatable bonds is 8. The molecule has 1 aliphatic carbocycles. The van der Waals surface area contributed by atoms with Gasteiger partial charge in [0.05, 0.1) is 37.6 Å². The molecule has 1 aliphatic rings. The van der Waals surface area contributed by atoms with Crippen LogP contribution in [0.25, 0.3) is 0 Å². The number of aliphatic hydroxyl groups is 2.